The van der Waals surface area contributed by atoms with Gasteiger partial charge in [-0.3, -0.25) is 13.9 Å². The summed E-state index contributed by atoms with van der Waals surface area (Å²) in [5.41, 5.74) is 3.08. The molecular weight excluding hydrogens is 546 g/mol. The van der Waals surface area contributed by atoms with E-state index in [1.54, 1.807) is 36.4 Å². The Kier molecular flexibility index (Phi) is 10.8. The third kappa shape index (κ3) is 7.86. The van der Waals surface area contributed by atoms with E-state index in [9.17, 15) is 18.0 Å². The van der Waals surface area contributed by atoms with Gasteiger partial charge in [0.05, 0.1) is 10.6 Å². The molecule has 0 bridgehead atoms. The number of hydrogen-bond acceptors (Lipinski definition) is 4. The van der Waals surface area contributed by atoms with Gasteiger partial charge in [0.25, 0.3) is 10.0 Å². The fourth-order valence-corrected chi connectivity index (χ4v) is 5.88. The standard InChI is InChI=1S/C31H38ClN3O4S/c1-6-24(5)33-31(37)29(7-2)34(20-25-10-8-9-23(4)19-25)30(36)21-35(27-15-13-26(32)14-16-27)40(38,39)28-17-11-22(3)12-18-28/h8-19,24,29H,6-7,20-21H2,1-5H3,(H,33,37)/t24-,29-/m0/s1. The molecule has 0 heterocycles. The summed E-state index contributed by atoms with van der Waals surface area (Å²) in [6, 6.07) is 19.6. The fraction of sp³-hybridized carbons (Fsp3) is 0.355. The van der Waals surface area contributed by atoms with Crippen molar-refractivity contribution in [3.8, 4) is 0 Å². The summed E-state index contributed by atoms with van der Waals surface area (Å²) in [7, 11) is -4.13. The number of rotatable bonds is 12. The number of hydrogen-bond donors (Lipinski definition) is 1. The third-order valence-corrected chi connectivity index (χ3v) is 8.86. The molecule has 40 heavy (non-hydrogen) atoms. The highest BCUT2D eigenvalue weighted by molar-refractivity contribution is 7.92. The quantitative estimate of drug-likeness (QED) is 0.289. The summed E-state index contributed by atoms with van der Waals surface area (Å²) >= 11 is 6.09. The molecule has 3 aromatic rings. The largest absolute Gasteiger partial charge is 0.352 e. The van der Waals surface area contributed by atoms with Gasteiger partial charge in [0.2, 0.25) is 11.8 Å². The normalized spacial score (nSPS) is 12.8. The minimum absolute atomic E-state index is 0.0626. The summed E-state index contributed by atoms with van der Waals surface area (Å²) in [4.78, 5) is 29.0. The number of amides is 2. The molecule has 0 saturated carbocycles. The van der Waals surface area contributed by atoms with Gasteiger partial charge in [-0.2, -0.15) is 0 Å². The summed E-state index contributed by atoms with van der Waals surface area (Å²) in [6.07, 6.45) is 1.11. The molecule has 3 aromatic carbocycles. The first-order valence-electron chi connectivity index (χ1n) is 13.5. The first-order valence-corrected chi connectivity index (χ1v) is 15.3. The molecule has 2 amide bonds. The maximum Gasteiger partial charge on any atom is 0.264 e. The topological polar surface area (TPSA) is 86.8 Å². The molecule has 0 spiro atoms. The van der Waals surface area contributed by atoms with E-state index in [2.05, 4.69) is 5.32 Å². The predicted molar refractivity (Wildman–Crippen MR) is 161 cm³/mol. The van der Waals surface area contributed by atoms with Crippen LogP contribution in [0.1, 0.15) is 50.3 Å². The molecule has 0 saturated heterocycles. The second kappa shape index (κ2) is 13.8. The molecule has 0 fully saturated rings. The van der Waals surface area contributed by atoms with Gasteiger partial charge in [-0.05, 0) is 75.6 Å². The minimum Gasteiger partial charge on any atom is -0.352 e. The van der Waals surface area contributed by atoms with Gasteiger partial charge in [0.15, 0.2) is 0 Å². The smallest absolute Gasteiger partial charge is 0.264 e. The molecule has 7 nitrogen and oxygen atoms in total. The molecule has 0 radical (unpaired) electrons. The molecule has 0 aliphatic heterocycles. The van der Waals surface area contributed by atoms with E-state index in [0.717, 1.165) is 27.4 Å². The van der Waals surface area contributed by atoms with Crippen molar-refractivity contribution in [2.45, 2.75) is 71.0 Å². The van der Waals surface area contributed by atoms with Gasteiger partial charge in [0, 0.05) is 17.6 Å². The van der Waals surface area contributed by atoms with Crippen LogP contribution < -0.4 is 9.62 Å². The van der Waals surface area contributed by atoms with Gasteiger partial charge in [-0.25, -0.2) is 8.42 Å². The molecule has 1 N–H and O–H groups in total. The minimum atomic E-state index is -4.13. The Morgan fingerprint density at radius 1 is 0.900 bits per heavy atom. The Morgan fingerprint density at radius 2 is 1.55 bits per heavy atom. The van der Waals surface area contributed by atoms with Crippen molar-refractivity contribution in [2.24, 2.45) is 0 Å². The van der Waals surface area contributed by atoms with Crippen LogP contribution in [-0.2, 0) is 26.2 Å². The van der Waals surface area contributed by atoms with Crippen molar-refractivity contribution in [3.05, 3.63) is 94.5 Å². The van der Waals surface area contributed by atoms with Crippen molar-refractivity contribution in [1.29, 1.82) is 0 Å². The Hall–Kier alpha value is -3.36. The number of benzene rings is 3. The van der Waals surface area contributed by atoms with Crippen molar-refractivity contribution in [2.75, 3.05) is 10.8 Å². The lowest BCUT2D eigenvalue weighted by Crippen LogP contribution is -2.53. The highest BCUT2D eigenvalue weighted by atomic mass is 35.5. The van der Waals surface area contributed by atoms with E-state index in [0.29, 0.717) is 17.1 Å². The Balaban J connectivity index is 2.05. The van der Waals surface area contributed by atoms with E-state index in [-0.39, 0.29) is 23.4 Å². The Bertz CT molecular complexity index is 1410. The second-order valence-electron chi connectivity index (χ2n) is 10.1. The first kappa shape index (κ1) is 31.2. The van der Waals surface area contributed by atoms with Crippen LogP contribution in [-0.4, -0.2) is 43.8 Å². The number of nitrogens with zero attached hydrogens (tertiary/aromatic N) is 2. The van der Waals surface area contributed by atoms with Crippen LogP contribution in [0.5, 0.6) is 0 Å². The molecule has 0 aliphatic carbocycles. The molecule has 3 rings (SSSR count). The zero-order valence-electron chi connectivity index (χ0n) is 23.7. The van der Waals surface area contributed by atoms with Gasteiger partial charge >= 0.3 is 0 Å². The van der Waals surface area contributed by atoms with Crippen LogP contribution in [0.2, 0.25) is 5.02 Å². The average molecular weight is 584 g/mol. The number of aryl methyl sites for hydroxylation is 2. The maximum atomic E-state index is 14.1. The highest BCUT2D eigenvalue weighted by Crippen LogP contribution is 2.26. The van der Waals surface area contributed by atoms with Crippen LogP contribution >= 0.6 is 11.6 Å². The van der Waals surface area contributed by atoms with Crippen molar-refractivity contribution >= 4 is 39.1 Å². The third-order valence-electron chi connectivity index (χ3n) is 6.82. The van der Waals surface area contributed by atoms with Crippen molar-refractivity contribution < 1.29 is 18.0 Å². The lowest BCUT2D eigenvalue weighted by molar-refractivity contribution is -0.140. The number of carbonyl (C=O) groups is 2. The highest BCUT2D eigenvalue weighted by Gasteiger charge is 2.34. The number of anilines is 1. The lowest BCUT2D eigenvalue weighted by Gasteiger charge is -2.33. The predicted octanol–water partition coefficient (Wildman–Crippen LogP) is 5.87. The van der Waals surface area contributed by atoms with E-state index in [1.807, 2.05) is 58.9 Å². The van der Waals surface area contributed by atoms with Crippen molar-refractivity contribution in [1.82, 2.24) is 10.2 Å². The summed E-state index contributed by atoms with van der Waals surface area (Å²) in [6.45, 7) is 9.23. The first-order chi connectivity index (χ1) is 19.0. The number of carbonyl (C=O) groups excluding carboxylic acids is 2. The van der Waals surface area contributed by atoms with E-state index in [4.69, 9.17) is 11.6 Å². The molecule has 0 unspecified atom stereocenters. The number of nitrogens with one attached hydrogen (secondary N) is 1. The Labute approximate surface area is 243 Å². The van der Waals surface area contributed by atoms with Gasteiger partial charge in [-0.15, -0.1) is 0 Å². The average Bonchev–Trinajstić information content (AvgIpc) is 2.92. The lowest BCUT2D eigenvalue weighted by atomic mass is 10.1. The van der Waals surface area contributed by atoms with Crippen molar-refractivity contribution in [3.63, 3.8) is 0 Å². The van der Waals surface area contributed by atoms with E-state index >= 15 is 0 Å². The van der Waals surface area contributed by atoms with Gasteiger partial charge < -0.3 is 10.2 Å². The number of sulfonamides is 1. The summed E-state index contributed by atoms with van der Waals surface area (Å²) in [5.74, 6) is -0.754. The monoisotopic (exact) mass is 583 g/mol. The molecule has 2 atom stereocenters. The number of halogens is 1. The maximum absolute atomic E-state index is 14.1. The zero-order chi connectivity index (χ0) is 29.4. The SMILES string of the molecule is CC[C@H](C)NC(=O)[C@H](CC)N(Cc1cccc(C)c1)C(=O)CN(c1ccc(Cl)cc1)S(=O)(=O)c1ccc(C)cc1. The van der Waals surface area contributed by atoms with E-state index in [1.165, 1.54) is 17.0 Å². The van der Waals surface area contributed by atoms with E-state index < -0.39 is 28.5 Å². The summed E-state index contributed by atoms with van der Waals surface area (Å²) in [5, 5.41) is 3.43. The summed E-state index contributed by atoms with van der Waals surface area (Å²) < 4.78 is 28.9. The van der Waals surface area contributed by atoms with Crippen LogP contribution in [0.4, 0.5) is 5.69 Å². The van der Waals surface area contributed by atoms with Crippen LogP contribution in [0.15, 0.2) is 77.7 Å². The van der Waals surface area contributed by atoms with Gasteiger partial charge in [-0.1, -0.05) is 73.0 Å². The second-order valence-corrected chi connectivity index (χ2v) is 12.4. The molecule has 0 aromatic heterocycles. The molecular formula is C31H38ClN3O4S. The molecule has 0 aliphatic rings. The molecule has 214 valence electrons. The zero-order valence-corrected chi connectivity index (χ0v) is 25.3. The Morgan fingerprint density at radius 3 is 2.12 bits per heavy atom. The van der Waals surface area contributed by atoms with Crippen LogP contribution in [0, 0.1) is 13.8 Å². The van der Waals surface area contributed by atoms with Crippen LogP contribution in [0.3, 0.4) is 0 Å². The van der Waals surface area contributed by atoms with Gasteiger partial charge in [0.1, 0.15) is 12.6 Å². The molecule has 9 heteroatoms. The fourth-order valence-electron chi connectivity index (χ4n) is 4.34. The van der Waals surface area contributed by atoms with Crippen LogP contribution in [0.25, 0.3) is 0 Å².